The lowest BCUT2D eigenvalue weighted by molar-refractivity contribution is -0.121. The van der Waals surface area contributed by atoms with E-state index in [2.05, 4.69) is 0 Å². The zero-order valence-electron chi connectivity index (χ0n) is 6.13. The van der Waals surface area contributed by atoms with Crippen LogP contribution in [0, 0.1) is 11.3 Å². The summed E-state index contributed by atoms with van der Waals surface area (Å²) < 4.78 is 23.2. The number of hydrogen-bond donors (Lipinski definition) is 2. The molecule has 0 aliphatic heterocycles. The van der Waals surface area contributed by atoms with E-state index >= 15 is 0 Å². The molecule has 6 heteroatoms. The maximum atomic E-state index is 11.6. The first kappa shape index (κ1) is 10.8. The lowest BCUT2D eigenvalue weighted by atomic mass is 10.3. The number of nitrogens with zero attached hydrogens (tertiary/aromatic N) is 1. The van der Waals surface area contributed by atoms with Crippen molar-refractivity contribution in [1.29, 1.82) is 5.26 Å². The molecular weight excluding hydrogens is 170 g/mol. The van der Waals surface area contributed by atoms with Crippen LogP contribution in [0.2, 0.25) is 0 Å². The number of halogens is 2. The van der Waals surface area contributed by atoms with Gasteiger partial charge in [0.25, 0.3) is 6.43 Å². The average molecular weight is 178 g/mol. The summed E-state index contributed by atoms with van der Waals surface area (Å²) in [7, 11) is 0. The predicted octanol–water partition coefficient (Wildman–Crippen LogP) is -0.358. The van der Waals surface area contributed by atoms with Crippen molar-refractivity contribution in [3.05, 3.63) is 0 Å². The average Bonchev–Trinajstić information content (AvgIpc) is 2.00. The first-order valence-corrected chi connectivity index (χ1v) is 3.17. The molecule has 12 heavy (non-hydrogen) atoms. The minimum atomic E-state index is -2.88. The number of amides is 1. The number of hydrogen-bond acceptors (Lipinski definition) is 3. The largest absolute Gasteiger partial charge is 0.385 e. The Morgan fingerprint density at radius 3 is 2.67 bits per heavy atom. The van der Waals surface area contributed by atoms with E-state index in [-0.39, 0.29) is 0 Å². The molecule has 2 N–H and O–H groups in total. The van der Waals surface area contributed by atoms with Crippen molar-refractivity contribution in [1.82, 2.24) is 5.32 Å². The van der Waals surface area contributed by atoms with Crippen LogP contribution < -0.4 is 5.32 Å². The molecule has 0 bridgehead atoms. The molecule has 0 radical (unpaired) electrons. The molecule has 1 unspecified atom stereocenters. The van der Waals surface area contributed by atoms with Crippen LogP contribution in [0.4, 0.5) is 8.78 Å². The number of aliphatic hydroxyl groups is 1. The molecule has 0 fully saturated rings. The minimum Gasteiger partial charge on any atom is -0.385 e. The summed E-state index contributed by atoms with van der Waals surface area (Å²) >= 11 is 0. The quantitative estimate of drug-likeness (QED) is 0.617. The van der Waals surface area contributed by atoms with E-state index in [0.717, 1.165) is 0 Å². The van der Waals surface area contributed by atoms with Crippen molar-refractivity contribution in [3.63, 3.8) is 0 Å². The van der Waals surface area contributed by atoms with Crippen LogP contribution in [0.5, 0.6) is 0 Å². The van der Waals surface area contributed by atoms with E-state index in [1.165, 1.54) is 6.07 Å². The summed E-state index contributed by atoms with van der Waals surface area (Å²) in [4.78, 5) is 10.5. The Morgan fingerprint density at radius 2 is 2.25 bits per heavy atom. The van der Waals surface area contributed by atoms with E-state index in [0.29, 0.717) is 0 Å². The Morgan fingerprint density at radius 1 is 1.67 bits per heavy atom. The number of nitriles is 1. The van der Waals surface area contributed by atoms with Crippen LogP contribution in [0.3, 0.4) is 0 Å². The molecule has 1 atom stereocenters. The van der Waals surface area contributed by atoms with Crippen LogP contribution in [0.15, 0.2) is 0 Å². The van der Waals surface area contributed by atoms with Crippen molar-refractivity contribution < 1.29 is 18.7 Å². The van der Waals surface area contributed by atoms with Crippen LogP contribution >= 0.6 is 0 Å². The fourth-order valence-electron chi connectivity index (χ4n) is 0.442. The van der Waals surface area contributed by atoms with Gasteiger partial charge in [-0.2, -0.15) is 5.26 Å². The first-order chi connectivity index (χ1) is 5.57. The van der Waals surface area contributed by atoms with Gasteiger partial charge < -0.3 is 10.4 Å². The molecular formula is C6H8F2N2O2. The summed E-state index contributed by atoms with van der Waals surface area (Å²) in [6.07, 6.45) is -5.14. The molecule has 0 saturated heterocycles. The van der Waals surface area contributed by atoms with Gasteiger partial charge >= 0.3 is 0 Å². The van der Waals surface area contributed by atoms with E-state index in [1.54, 1.807) is 0 Å². The van der Waals surface area contributed by atoms with Gasteiger partial charge in [0, 0.05) is 6.54 Å². The summed E-state index contributed by atoms with van der Waals surface area (Å²) in [5.74, 6) is -0.669. The molecule has 1 amide bonds. The van der Waals surface area contributed by atoms with E-state index in [9.17, 15) is 13.6 Å². The van der Waals surface area contributed by atoms with Gasteiger partial charge in [-0.1, -0.05) is 0 Å². The topological polar surface area (TPSA) is 73.1 Å². The Labute approximate surface area is 67.8 Å². The van der Waals surface area contributed by atoms with Gasteiger partial charge in [-0.25, -0.2) is 8.78 Å². The van der Waals surface area contributed by atoms with E-state index < -0.39 is 31.4 Å². The highest BCUT2D eigenvalue weighted by molar-refractivity contribution is 5.77. The number of alkyl halides is 2. The summed E-state index contributed by atoms with van der Waals surface area (Å²) in [5, 5.41) is 18.5. The Hall–Kier alpha value is -1.22. The number of rotatable bonds is 4. The Kier molecular flexibility index (Phi) is 4.88. The molecule has 0 aromatic carbocycles. The van der Waals surface area contributed by atoms with Crippen molar-refractivity contribution in [2.75, 3.05) is 6.54 Å². The molecule has 0 heterocycles. The fourth-order valence-corrected chi connectivity index (χ4v) is 0.442. The highest BCUT2D eigenvalue weighted by Crippen LogP contribution is 1.98. The van der Waals surface area contributed by atoms with Crippen molar-refractivity contribution in [2.24, 2.45) is 0 Å². The van der Waals surface area contributed by atoms with Gasteiger partial charge in [-0.3, -0.25) is 4.79 Å². The van der Waals surface area contributed by atoms with E-state index in [1.807, 2.05) is 5.32 Å². The lowest BCUT2D eigenvalue weighted by Crippen LogP contribution is -2.35. The van der Waals surface area contributed by atoms with Gasteiger partial charge in [0.1, 0.15) is 12.5 Å². The monoisotopic (exact) mass is 178 g/mol. The standard InChI is InChI=1S/C6H8F2N2O2/c7-6(8)4(11)3-10-5(12)1-2-9/h4,6,11H,1,3H2,(H,10,12). The predicted molar refractivity (Wildman–Crippen MR) is 35.3 cm³/mol. The molecule has 0 aromatic heterocycles. The third-order valence-electron chi connectivity index (χ3n) is 1.04. The third-order valence-corrected chi connectivity index (χ3v) is 1.04. The van der Waals surface area contributed by atoms with Crippen LogP contribution in [0.1, 0.15) is 6.42 Å². The highest BCUT2D eigenvalue weighted by atomic mass is 19.3. The first-order valence-electron chi connectivity index (χ1n) is 3.17. The maximum Gasteiger partial charge on any atom is 0.265 e. The molecule has 68 valence electrons. The van der Waals surface area contributed by atoms with Gasteiger partial charge in [0.15, 0.2) is 0 Å². The molecule has 0 saturated carbocycles. The Bertz CT molecular complexity index is 190. The fraction of sp³-hybridized carbons (Fsp3) is 0.667. The van der Waals surface area contributed by atoms with Crippen LogP contribution in [-0.2, 0) is 4.79 Å². The van der Waals surface area contributed by atoms with Crippen LogP contribution in [0.25, 0.3) is 0 Å². The molecule has 0 rings (SSSR count). The number of nitrogens with one attached hydrogen (secondary N) is 1. The summed E-state index contributed by atoms with van der Waals surface area (Å²) in [6.45, 7) is -0.530. The van der Waals surface area contributed by atoms with Gasteiger partial charge in [-0.15, -0.1) is 0 Å². The highest BCUT2D eigenvalue weighted by Gasteiger charge is 2.16. The third kappa shape index (κ3) is 4.57. The SMILES string of the molecule is N#CCC(=O)NCC(O)C(F)F. The van der Waals surface area contributed by atoms with Crippen LogP contribution in [-0.4, -0.2) is 30.1 Å². The van der Waals surface area contributed by atoms with Gasteiger partial charge in [-0.05, 0) is 0 Å². The summed E-state index contributed by atoms with van der Waals surface area (Å²) in [6, 6.07) is 1.54. The van der Waals surface area contributed by atoms with Gasteiger partial charge in [0.2, 0.25) is 5.91 Å². The molecule has 0 aliphatic carbocycles. The smallest absolute Gasteiger partial charge is 0.265 e. The van der Waals surface area contributed by atoms with Gasteiger partial charge in [0.05, 0.1) is 6.07 Å². The minimum absolute atomic E-state index is 0.393. The van der Waals surface area contributed by atoms with Crippen molar-refractivity contribution in [2.45, 2.75) is 19.0 Å². The normalized spacial score (nSPS) is 12.2. The second-order valence-electron chi connectivity index (χ2n) is 2.04. The molecule has 0 spiro atoms. The zero-order valence-corrected chi connectivity index (χ0v) is 6.13. The second kappa shape index (κ2) is 5.43. The molecule has 4 nitrogen and oxygen atoms in total. The number of carbonyl (C=O) groups is 1. The van der Waals surface area contributed by atoms with Crippen molar-refractivity contribution in [3.8, 4) is 6.07 Å². The molecule has 0 aliphatic rings. The zero-order chi connectivity index (χ0) is 9.56. The summed E-state index contributed by atoms with van der Waals surface area (Å²) in [5.41, 5.74) is 0. The van der Waals surface area contributed by atoms with E-state index in [4.69, 9.17) is 10.4 Å². The number of carbonyl (C=O) groups excluding carboxylic acids is 1. The maximum absolute atomic E-state index is 11.6. The Balaban J connectivity index is 3.55. The lowest BCUT2D eigenvalue weighted by Gasteiger charge is -2.08. The second-order valence-corrected chi connectivity index (χ2v) is 2.04. The molecule has 0 aromatic rings. The number of aliphatic hydroxyl groups excluding tert-OH is 1. The van der Waals surface area contributed by atoms with Crippen molar-refractivity contribution >= 4 is 5.91 Å².